The molecule has 0 saturated carbocycles. The third-order valence-electron chi connectivity index (χ3n) is 3.07. The number of furan rings is 1. The van der Waals surface area contributed by atoms with E-state index in [1.807, 2.05) is 13.8 Å². The van der Waals surface area contributed by atoms with Crippen molar-refractivity contribution in [1.82, 2.24) is 0 Å². The van der Waals surface area contributed by atoms with Gasteiger partial charge in [0.2, 0.25) is 5.78 Å². The quantitative estimate of drug-likeness (QED) is 0.774. The van der Waals surface area contributed by atoms with Gasteiger partial charge < -0.3 is 9.15 Å². The minimum Gasteiger partial charge on any atom is -0.493 e. The minimum absolute atomic E-state index is 0.00637. The SMILES string of the molecule is CCC(C)C(=O)c1cc2cc(Cl)cc(OC)c2o1. The average Bonchev–Trinajstić information content (AvgIpc) is 2.79. The molecule has 1 unspecified atom stereocenters. The molecule has 1 atom stereocenters. The monoisotopic (exact) mass is 266 g/mol. The summed E-state index contributed by atoms with van der Waals surface area (Å²) in [4.78, 5) is 12.1. The summed E-state index contributed by atoms with van der Waals surface area (Å²) < 4.78 is 10.8. The second-order valence-electron chi connectivity index (χ2n) is 4.31. The van der Waals surface area contributed by atoms with Crippen LogP contribution in [0.25, 0.3) is 11.0 Å². The van der Waals surface area contributed by atoms with Crippen LogP contribution in [0, 0.1) is 5.92 Å². The Morgan fingerprint density at radius 2 is 2.17 bits per heavy atom. The van der Waals surface area contributed by atoms with E-state index in [1.54, 1.807) is 25.3 Å². The van der Waals surface area contributed by atoms with Gasteiger partial charge >= 0.3 is 0 Å². The maximum Gasteiger partial charge on any atom is 0.200 e. The predicted octanol–water partition coefficient (Wildman–Crippen LogP) is 4.32. The summed E-state index contributed by atoms with van der Waals surface area (Å²) in [5.41, 5.74) is 0.563. The number of benzene rings is 1. The Morgan fingerprint density at radius 1 is 1.44 bits per heavy atom. The number of carbonyl (C=O) groups excluding carboxylic acids is 1. The van der Waals surface area contributed by atoms with Crippen LogP contribution in [0.2, 0.25) is 5.02 Å². The van der Waals surface area contributed by atoms with Crippen molar-refractivity contribution in [2.45, 2.75) is 20.3 Å². The van der Waals surface area contributed by atoms with Crippen molar-refractivity contribution >= 4 is 28.4 Å². The molecule has 0 N–H and O–H groups in total. The van der Waals surface area contributed by atoms with E-state index in [0.29, 0.717) is 22.1 Å². The highest BCUT2D eigenvalue weighted by Crippen LogP contribution is 2.33. The molecule has 96 valence electrons. The molecule has 2 aromatic rings. The molecule has 3 nitrogen and oxygen atoms in total. The van der Waals surface area contributed by atoms with Gasteiger partial charge in [0.25, 0.3) is 0 Å². The molecule has 0 radical (unpaired) electrons. The number of carbonyl (C=O) groups is 1. The number of ketones is 1. The summed E-state index contributed by atoms with van der Waals surface area (Å²) in [6, 6.07) is 5.15. The molecule has 0 bridgehead atoms. The van der Waals surface area contributed by atoms with E-state index in [1.165, 1.54) is 0 Å². The fourth-order valence-electron chi connectivity index (χ4n) is 1.79. The van der Waals surface area contributed by atoms with Crippen LogP contribution in [0.4, 0.5) is 0 Å². The molecule has 0 amide bonds. The van der Waals surface area contributed by atoms with Crippen LogP contribution in [-0.4, -0.2) is 12.9 Å². The number of hydrogen-bond donors (Lipinski definition) is 0. The van der Waals surface area contributed by atoms with E-state index in [2.05, 4.69) is 0 Å². The molecule has 1 heterocycles. The zero-order valence-electron chi connectivity index (χ0n) is 10.6. The molecular weight excluding hydrogens is 252 g/mol. The summed E-state index contributed by atoms with van der Waals surface area (Å²) in [7, 11) is 1.55. The normalized spacial score (nSPS) is 12.7. The molecule has 1 aromatic heterocycles. The van der Waals surface area contributed by atoms with Gasteiger partial charge in [-0.2, -0.15) is 0 Å². The fraction of sp³-hybridized carbons (Fsp3) is 0.357. The lowest BCUT2D eigenvalue weighted by atomic mass is 10.0. The van der Waals surface area contributed by atoms with Crippen LogP contribution in [0.1, 0.15) is 30.8 Å². The van der Waals surface area contributed by atoms with E-state index in [0.717, 1.165) is 11.8 Å². The van der Waals surface area contributed by atoms with Gasteiger partial charge in [0.15, 0.2) is 17.1 Å². The molecule has 18 heavy (non-hydrogen) atoms. The maximum absolute atomic E-state index is 12.1. The molecule has 2 rings (SSSR count). The highest BCUT2D eigenvalue weighted by Gasteiger charge is 2.19. The Morgan fingerprint density at radius 3 is 2.78 bits per heavy atom. The first-order valence-electron chi connectivity index (χ1n) is 5.88. The average molecular weight is 267 g/mol. The van der Waals surface area contributed by atoms with Crippen molar-refractivity contribution in [3.8, 4) is 5.75 Å². The minimum atomic E-state index is -0.0490. The Balaban J connectivity index is 2.53. The van der Waals surface area contributed by atoms with Gasteiger partial charge in [0, 0.05) is 22.4 Å². The summed E-state index contributed by atoms with van der Waals surface area (Å²) >= 11 is 5.97. The number of ether oxygens (including phenoxy) is 1. The number of rotatable bonds is 4. The molecule has 4 heteroatoms. The van der Waals surface area contributed by atoms with Crippen LogP contribution in [0.15, 0.2) is 22.6 Å². The lowest BCUT2D eigenvalue weighted by molar-refractivity contribution is 0.0901. The van der Waals surface area contributed by atoms with E-state index in [4.69, 9.17) is 20.8 Å². The maximum atomic E-state index is 12.1. The van der Waals surface area contributed by atoms with E-state index in [-0.39, 0.29) is 11.7 Å². The zero-order valence-corrected chi connectivity index (χ0v) is 11.4. The van der Waals surface area contributed by atoms with Crippen molar-refractivity contribution in [3.63, 3.8) is 0 Å². The molecule has 0 aliphatic carbocycles. The number of hydrogen-bond acceptors (Lipinski definition) is 3. The first kappa shape index (κ1) is 13.0. The summed E-state index contributed by atoms with van der Waals surface area (Å²) in [5, 5.41) is 1.34. The number of fused-ring (bicyclic) bond motifs is 1. The van der Waals surface area contributed by atoms with Gasteiger partial charge in [-0.15, -0.1) is 0 Å². The fourth-order valence-corrected chi connectivity index (χ4v) is 2.00. The Bertz CT molecular complexity index is 586. The largest absolute Gasteiger partial charge is 0.493 e. The highest BCUT2D eigenvalue weighted by molar-refractivity contribution is 6.31. The Labute approximate surface area is 111 Å². The van der Waals surface area contributed by atoms with Crippen LogP contribution in [0.3, 0.4) is 0 Å². The Hall–Kier alpha value is -1.48. The van der Waals surface area contributed by atoms with Gasteiger partial charge in [0.05, 0.1) is 7.11 Å². The van der Waals surface area contributed by atoms with Gasteiger partial charge in [-0.1, -0.05) is 25.4 Å². The van der Waals surface area contributed by atoms with Crippen molar-refractivity contribution in [1.29, 1.82) is 0 Å². The van der Waals surface area contributed by atoms with E-state index >= 15 is 0 Å². The molecule has 0 saturated heterocycles. The van der Waals surface area contributed by atoms with Gasteiger partial charge in [0.1, 0.15) is 0 Å². The van der Waals surface area contributed by atoms with Crippen molar-refractivity contribution in [2.24, 2.45) is 5.92 Å². The lowest BCUT2D eigenvalue weighted by Gasteiger charge is -2.03. The molecule has 0 aliphatic rings. The van der Waals surface area contributed by atoms with E-state index in [9.17, 15) is 4.79 Å². The summed E-state index contributed by atoms with van der Waals surface area (Å²) in [6.07, 6.45) is 0.785. The summed E-state index contributed by atoms with van der Waals surface area (Å²) in [5.74, 6) is 0.861. The third kappa shape index (κ3) is 2.23. The smallest absolute Gasteiger partial charge is 0.200 e. The van der Waals surface area contributed by atoms with Crippen molar-refractivity contribution in [2.75, 3.05) is 7.11 Å². The third-order valence-corrected chi connectivity index (χ3v) is 3.29. The lowest BCUT2D eigenvalue weighted by Crippen LogP contribution is -2.08. The molecule has 0 fully saturated rings. The molecule has 0 aliphatic heterocycles. The number of halogens is 1. The van der Waals surface area contributed by atoms with Gasteiger partial charge in [-0.05, 0) is 18.6 Å². The van der Waals surface area contributed by atoms with Crippen molar-refractivity contribution in [3.05, 3.63) is 29.0 Å². The topological polar surface area (TPSA) is 39.4 Å². The second-order valence-corrected chi connectivity index (χ2v) is 4.75. The van der Waals surface area contributed by atoms with E-state index < -0.39 is 0 Å². The standard InChI is InChI=1S/C14H15ClO3/c1-4-8(2)13(16)11-6-9-5-10(15)7-12(17-3)14(9)18-11/h5-8H,4H2,1-3H3. The second kappa shape index (κ2) is 5.02. The molecule has 0 spiro atoms. The summed E-state index contributed by atoms with van der Waals surface area (Å²) in [6.45, 7) is 3.86. The van der Waals surface area contributed by atoms with Crippen LogP contribution < -0.4 is 4.74 Å². The van der Waals surface area contributed by atoms with Crippen LogP contribution in [-0.2, 0) is 0 Å². The zero-order chi connectivity index (χ0) is 13.3. The van der Waals surface area contributed by atoms with Gasteiger partial charge in [-0.3, -0.25) is 4.79 Å². The first-order chi connectivity index (χ1) is 8.56. The molecule has 1 aromatic carbocycles. The Kier molecular flexibility index (Phi) is 3.62. The van der Waals surface area contributed by atoms with Crippen molar-refractivity contribution < 1.29 is 13.9 Å². The number of methoxy groups -OCH3 is 1. The van der Waals surface area contributed by atoms with Crippen LogP contribution in [0.5, 0.6) is 5.75 Å². The van der Waals surface area contributed by atoms with Gasteiger partial charge in [-0.25, -0.2) is 0 Å². The highest BCUT2D eigenvalue weighted by atomic mass is 35.5. The number of Topliss-reactive ketones (excluding diaryl/α,β-unsaturated/α-hetero) is 1. The predicted molar refractivity (Wildman–Crippen MR) is 71.6 cm³/mol. The molecular formula is C14H15ClO3. The first-order valence-corrected chi connectivity index (χ1v) is 6.26. The van der Waals surface area contributed by atoms with Crippen LogP contribution >= 0.6 is 11.6 Å².